The van der Waals surface area contributed by atoms with Crippen LogP contribution in [0.1, 0.15) is 54.9 Å². The molecule has 1 saturated carbocycles. The van der Waals surface area contributed by atoms with Crippen LogP contribution in [0.5, 0.6) is 0 Å². The van der Waals surface area contributed by atoms with E-state index < -0.39 is 0 Å². The largest absolute Gasteiger partial charge is 0.384 e. The number of nitriles is 1. The van der Waals surface area contributed by atoms with E-state index in [1.165, 1.54) is 19.8 Å². The highest BCUT2D eigenvalue weighted by Crippen LogP contribution is 2.19. The summed E-state index contributed by atoms with van der Waals surface area (Å²) < 4.78 is 0. The van der Waals surface area contributed by atoms with Gasteiger partial charge in [0.25, 0.3) is 0 Å². The minimum absolute atomic E-state index is 0.0280. The van der Waals surface area contributed by atoms with Crippen LogP contribution in [0.4, 0.5) is 5.69 Å². The number of carbonyl (C=O) groups excluding carboxylic acids is 2. The highest BCUT2D eigenvalue weighted by Gasteiger charge is 2.16. The van der Waals surface area contributed by atoms with Crippen LogP contribution < -0.4 is 10.6 Å². The quantitative estimate of drug-likeness (QED) is 0.791. The first-order valence-electron chi connectivity index (χ1n) is 7.68. The van der Waals surface area contributed by atoms with Crippen LogP contribution in [-0.4, -0.2) is 24.3 Å². The Morgan fingerprint density at radius 1 is 1.32 bits per heavy atom. The molecule has 1 aromatic carbocycles. The first-order chi connectivity index (χ1) is 10.6. The van der Waals surface area contributed by atoms with Crippen molar-refractivity contribution in [2.24, 2.45) is 0 Å². The van der Waals surface area contributed by atoms with Crippen molar-refractivity contribution in [2.45, 2.75) is 45.1 Å². The second kappa shape index (κ2) is 7.60. The summed E-state index contributed by atoms with van der Waals surface area (Å²) in [6.45, 7) is 1.92. The average molecular weight is 299 g/mol. The van der Waals surface area contributed by atoms with Gasteiger partial charge in [0, 0.05) is 30.3 Å². The van der Waals surface area contributed by atoms with Gasteiger partial charge in [0.2, 0.25) is 5.91 Å². The van der Waals surface area contributed by atoms with Gasteiger partial charge in [0.15, 0.2) is 5.78 Å². The summed E-state index contributed by atoms with van der Waals surface area (Å²) in [7, 11) is 0. The van der Waals surface area contributed by atoms with E-state index in [0.717, 1.165) is 12.8 Å². The number of benzene rings is 1. The molecule has 2 rings (SSSR count). The number of hydrogen-bond donors (Lipinski definition) is 2. The molecular weight excluding hydrogens is 278 g/mol. The fourth-order valence-electron chi connectivity index (χ4n) is 2.75. The van der Waals surface area contributed by atoms with E-state index in [1.54, 1.807) is 18.2 Å². The highest BCUT2D eigenvalue weighted by atomic mass is 16.1. The Kier molecular flexibility index (Phi) is 5.54. The van der Waals surface area contributed by atoms with Crippen LogP contribution in [0.15, 0.2) is 18.2 Å². The van der Waals surface area contributed by atoms with Crippen LogP contribution >= 0.6 is 0 Å². The molecule has 0 heterocycles. The lowest BCUT2D eigenvalue weighted by atomic mass is 10.1. The number of rotatable bonds is 6. The smallest absolute Gasteiger partial charge is 0.221 e. The molecule has 0 saturated heterocycles. The number of nitrogens with zero attached hydrogens (tertiary/aromatic N) is 1. The Morgan fingerprint density at radius 2 is 2.05 bits per heavy atom. The van der Waals surface area contributed by atoms with Gasteiger partial charge >= 0.3 is 0 Å². The van der Waals surface area contributed by atoms with Gasteiger partial charge in [-0.1, -0.05) is 12.8 Å². The zero-order chi connectivity index (χ0) is 15.9. The molecule has 5 heteroatoms. The molecule has 0 radical (unpaired) electrons. The number of Topliss-reactive ketones (excluding diaryl/α,β-unsaturated/α-hetero) is 1. The molecule has 0 aromatic heterocycles. The zero-order valence-electron chi connectivity index (χ0n) is 12.8. The Morgan fingerprint density at radius 3 is 2.68 bits per heavy atom. The van der Waals surface area contributed by atoms with Crippen molar-refractivity contribution < 1.29 is 9.59 Å². The second-order valence-corrected chi connectivity index (χ2v) is 5.65. The molecule has 1 fully saturated rings. The van der Waals surface area contributed by atoms with Gasteiger partial charge < -0.3 is 10.6 Å². The lowest BCUT2D eigenvalue weighted by Gasteiger charge is -2.13. The number of hydrogen-bond acceptors (Lipinski definition) is 4. The Hall–Kier alpha value is -2.35. The van der Waals surface area contributed by atoms with E-state index in [4.69, 9.17) is 5.26 Å². The van der Waals surface area contributed by atoms with E-state index >= 15 is 0 Å². The molecule has 1 aliphatic rings. The Balaban J connectivity index is 1.89. The first-order valence-corrected chi connectivity index (χ1v) is 7.68. The summed E-state index contributed by atoms with van der Waals surface area (Å²) in [5.41, 5.74) is 1.64. The molecule has 0 unspecified atom stereocenters. The molecule has 0 aliphatic heterocycles. The topological polar surface area (TPSA) is 82.0 Å². The third kappa shape index (κ3) is 4.32. The van der Waals surface area contributed by atoms with Crippen molar-refractivity contribution in [2.75, 3.05) is 11.9 Å². The van der Waals surface area contributed by atoms with Crippen molar-refractivity contribution in [3.05, 3.63) is 29.3 Å². The normalized spacial score (nSPS) is 14.4. The lowest BCUT2D eigenvalue weighted by molar-refractivity contribution is -0.121. The van der Waals surface area contributed by atoms with E-state index in [-0.39, 0.29) is 11.7 Å². The van der Waals surface area contributed by atoms with Crippen LogP contribution in [-0.2, 0) is 4.79 Å². The summed E-state index contributed by atoms with van der Waals surface area (Å²) in [6.07, 6.45) is 4.86. The van der Waals surface area contributed by atoms with Crippen LogP contribution in [0.25, 0.3) is 0 Å². The SMILES string of the molecule is CC(=O)c1ccc(C#N)cc1NCCC(=O)NC1CCCC1. The van der Waals surface area contributed by atoms with Crippen molar-refractivity contribution in [1.29, 1.82) is 5.26 Å². The second-order valence-electron chi connectivity index (χ2n) is 5.65. The predicted molar refractivity (Wildman–Crippen MR) is 84.7 cm³/mol. The van der Waals surface area contributed by atoms with Gasteiger partial charge in [-0.05, 0) is 38.0 Å². The Labute approximate surface area is 130 Å². The molecule has 0 bridgehead atoms. The number of amides is 1. The molecule has 5 nitrogen and oxygen atoms in total. The van der Waals surface area contributed by atoms with Gasteiger partial charge in [0.1, 0.15) is 0 Å². The highest BCUT2D eigenvalue weighted by molar-refractivity contribution is 5.99. The third-order valence-electron chi connectivity index (χ3n) is 3.92. The van der Waals surface area contributed by atoms with E-state index in [1.807, 2.05) is 0 Å². The lowest BCUT2D eigenvalue weighted by Crippen LogP contribution is -2.33. The first kappa shape index (κ1) is 16.0. The van der Waals surface area contributed by atoms with E-state index in [2.05, 4.69) is 16.7 Å². The average Bonchev–Trinajstić information content (AvgIpc) is 2.99. The number of nitrogens with one attached hydrogen (secondary N) is 2. The van der Waals surface area contributed by atoms with Gasteiger partial charge in [-0.25, -0.2) is 0 Å². The maximum absolute atomic E-state index is 11.9. The molecule has 0 atom stereocenters. The summed E-state index contributed by atoms with van der Waals surface area (Å²) in [5, 5.41) is 15.1. The van der Waals surface area contributed by atoms with Gasteiger partial charge in [-0.2, -0.15) is 5.26 Å². The number of anilines is 1. The van der Waals surface area contributed by atoms with Crippen LogP contribution in [0.2, 0.25) is 0 Å². The molecular formula is C17H21N3O2. The summed E-state index contributed by atoms with van der Waals surface area (Å²) in [6, 6.07) is 7.28. The summed E-state index contributed by atoms with van der Waals surface area (Å²) in [4.78, 5) is 23.5. The van der Waals surface area contributed by atoms with E-state index in [0.29, 0.717) is 35.8 Å². The minimum Gasteiger partial charge on any atom is -0.384 e. The Bertz CT molecular complexity index is 598. The van der Waals surface area contributed by atoms with Crippen LogP contribution in [0, 0.1) is 11.3 Å². The number of ketones is 1. The monoisotopic (exact) mass is 299 g/mol. The standard InChI is InChI=1S/C17H21N3O2/c1-12(21)15-7-6-13(11-18)10-16(15)19-9-8-17(22)20-14-4-2-3-5-14/h6-7,10,14,19H,2-5,8-9H2,1H3,(H,20,22). The third-order valence-corrected chi connectivity index (χ3v) is 3.92. The van der Waals surface area contributed by atoms with Crippen molar-refractivity contribution in [1.82, 2.24) is 5.32 Å². The molecule has 0 spiro atoms. The molecule has 116 valence electrons. The van der Waals surface area contributed by atoms with Crippen molar-refractivity contribution in [3.63, 3.8) is 0 Å². The minimum atomic E-state index is -0.0672. The van der Waals surface area contributed by atoms with Gasteiger partial charge in [-0.15, -0.1) is 0 Å². The van der Waals surface area contributed by atoms with E-state index in [9.17, 15) is 9.59 Å². The summed E-state index contributed by atoms with van der Waals surface area (Å²) >= 11 is 0. The van der Waals surface area contributed by atoms with Crippen molar-refractivity contribution in [3.8, 4) is 6.07 Å². The maximum atomic E-state index is 11.9. The molecule has 2 N–H and O–H groups in total. The molecule has 1 amide bonds. The number of carbonyl (C=O) groups is 2. The molecule has 1 aromatic rings. The van der Waals surface area contributed by atoms with Gasteiger partial charge in [-0.3, -0.25) is 9.59 Å². The predicted octanol–water partition coefficient (Wildman–Crippen LogP) is 2.62. The van der Waals surface area contributed by atoms with Gasteiger partial charge in [0.05, 0.1) is 11.6 Å². The molecule has 1 aliphatic carbocycles. The van der Waals surface area contributed by atoms with Crippen molar-refractivity contribution >= 4 is 17.4 Å². The maximum Gasteiger partial charge on any atom is 0.221 e. The summed E-state index contributed by atoms with van der Waals surface area (Å²) in [5.74, 6) is -0.0393. The van der Waals surface area contributed by atoms with Crippen LogP contribution in [0.3, 0.4) is 0 Å². The fraction of sp³-hybridized carbons (Fsp3) is 0.471. The molecule has 22 heavy (non-hydrogen) atoms. The zero-order valence-corrected chi connectivity index (χ0v) is 12.8. The fourth-order valence-corrected chi connectivity index (χ4v) is 2.75.